The number of aryl methyl sites for hydroxylation is 2. The molecular weight excluding hydrogens is 298 g/mol. The summed E-state index contributed by atoms with van der Waals surface area (Å²) in [6, 6.07) is 14.5. The molecule has 126 valence electrons. The van der Waals surface area contributed by atoms with Crippen molar-refractivity contribution in [3.05, 3.63) is 64.7 Å². The van der Waals surface area contributed by atoms with E-state index in [2.05, 4.69) is 50.4 Å². The molecule has 1 aliphatic rings. The van der Waals surface area contributed by atoms with Gasteiger partial charge in [0.25, 0.3) is 5.91 Å². The predicted molar refractivity (Wildman–Crippen MR) is 96.4 cm³/mol. The Hall–Kier alpha value is -2.29. The Balaban J connectivity index is 1.56. The van der Waals surface area contributed by atoms with Crippen LogP contribution in [0.3, 0.4) is 0 Å². The van der Waals surface area contributed by atoms with E-state index in [1.54, 1.807) is 0 Å². The van der Waals surface area contributed by atoms with Crippen LogP contribution in [-0.4, -0.2) is 12.5 Å². The lowest BCUT2D eigenvalue weighted by Crippen LogP contribution is -2.31. The summed E-state index contributed by atoms with van der Waals surface area (Å²) in [6.45, 7) is 6.49. The number of ether oxygens (including phenoxy) is 1. The van der Waals surface area contributed by atoms with Crippen molar-refractivity contribution < 1.29 is 9.53 Å². The third-order valence-corrected chi connectivity index (χ3v) is 4.70. The summed E-state index contributed by atoms with van der Waals surface area (Å²) in [5.41, 5.74) is 5.09. The first kappa shape index (κ1) is 16.6. The molecule has 0 saturated carbocycles. The van der Waals surface area contributed by atoms with Crippen LogP contribution < -0.4 is 10.1 Å². The topological polar surface area (TPSA) is 38.3 Å². The van der Waals surface area contributed by atoms with Gasteiger partial charge in [-0.05, 0) is 60.1 Å². The van der Waals surface area contributed by atoms with E-state index in [0.717, 1.165) is 18.6 Å². The molecule has 2 aromatic rings. The van der Waals surface area contributed by atoms with E-state index < -0.39 is 0 Å². The van der Waals surface area contributed by atoms with Gasteiger partial charge in [0.05, 0.1) is 6.04 Å². The molecule has 0 bridgehead atoms. The second kappa shape index (κ2) is 7.08. The van der Waals surface area contributed by atoms with Crippen LogP contribution in [0.2, 0.25) is 0 Å². The van der Waals surface area contributed by atoms with Gasteiger partial charge in [0.15, 0.2) is 6.61 Å². The molecule has 0 aromatic heterocycles. The van der Waals surface area contributed by atoms with E-state index in [1.165, 1.54) is 22.3 Å². The second-order valence-electron chi connectivity index (χ2n) is 6.82. The van der Waals surface area contributed by atoms with Gasteiger partial charge in [-0.15, -0.1) is 0 Å². The smallest absolute Gasteiger partial charge is 0.258 e. The van der Waals surface area contributed by atoms with E-state index in [4.69, 9.17) is 4.74 Å². The molecule has 1 atom stereocenters. The largest absolute Gasteiger partial charge is 0.484 e. The van der Waals surface area contributed by atoms with E-state index in [1.807, 2.05) is 18.2 Å². The lowest BCUT2D eigenvalue weighted by atomic mass is 9.98. The van der Waals surface area contributed by atoms with Gasteiger partial charge in [0, 0.05) is 0 Å². The first-order valence-electron chi connectivity index (χ1n) is 8.65. The number of nitrogens with one attached hydrogen (secondary N) is 1. The van der Waals surface area contributed by atoms with Gasteiger partial charge in [-0.25, -0.2) is 0 Å². The van der Waals surface area contributed by atoms with E-state index in [0.29, 0.717) is 5.92 Å². The van der Waals surface area contributed by atoms with Gasteiger partial charge in [0.1, 0.15) is 5.75 Å². The summed E-state index contributed by atoms with van der Waals surface area (Å²) < 4.78 is 5.67. The fourth-order valence-corrected chi connectivity index (χ4v) is 3.48. The van der Waals surface area contributed by atoms with E-state index in [9.17, 15) is 4.79 Å². The molecule has 3 nitrogen and oxygen atoms in total. The monoisotopic (exact) mass is 323 g/mol. The highest BCUT2D eigenvalue weighted by Crippen LogP contribution is 2.30. The third-order valence-electron chi connectivity index (χ3n) is 4.70. The summed E-state index contributed by atoms with van der Waals surface area (Å²) in [6.07, 6.45) is 1.99. The Morgan fingerprint density at radius 3 is 2.79 bits per heavy atom. The molecule has 24 heavy (non-hydrogen) atoms. The number of carbonyl (C=O) groups is 1. The van der Waals surface area contributed by atoms with Crippen molar-refractivity contribution in [2.45, 2.75) is 45.6 Å². The maximum atomic E-state index is 12.2. The zero-order chi connectivity index (χ0) is 17.1. The maximum absolute atomic E-state index is 12.2. The molecule has 0 saturated heterocycles. The molecule has 2 aromatic carbocycles. The number of fused-ring (bicyclic) bond motifs is 1. The number of rotatable bonds is 5. The highest BCUT2D eigenvalue weighted by Gasteiger charge is 2.23. The zero-order valence-corrected chi connectivity index (χ0v) is 14.6. The van der Waals surface area contributed by atoms with Crippen molar-refractivity contribution in [2.75, 3.05) is 6.61 Å². The summed E-state index contributed by atoms with van der Waals surface area (Å²) in [4.78, 5) is 12.2. The molecule has 0 aliphatic heterocycles. The number of hydrogen-bond donors (Lipinski definition) is 1. The molecule has 1 N–H and O–H groups in total. The van der Waals surface area contributed by atoms with Crippen LogP contribution in [0.4, 0.5) is 0 Å². The quantitative estimate of drug-likeness (QED) is 0.891. The van der Waals surface area contributed by atoms with E-state index in [-0.39, 0.29) is 18.6 Å². The summed E-state index contributed by atoms with van der Waals surface area (Å²) >= 11 is 0. The normalized spacial score (nSPS) is 16.1. The fraction of sp³-hybridized carbons (Fsp3) is 0.381. The first-order chi connectivity index (χ1) is 11.5. The van der Waals surface area contributed by atoms with Gasteiger partial charge < -0.3 is 10.1 Å². The van der Waals surface area contributed by atoms with Gasteiger partial charge >= 0.3 is 0 Å². The Bertz CT molecular complexity index is 736. The van der Waals surface area contributed by atoms with Gasteiger partial charge in [0.2, 0.25) is 0 Å². The first-order valence-corrected chi connectivity index (χ1v) is 8.65. The zero-order valence-electron chi connectivity index (χ0n) is 14.6. The SMILES string of the molecule is Cc1cc(OCC(=O)N[C@H]2CCc3ccccc32)ccc1C(C)C. The average Bonchev–Trinajstić information content (AvgIpc) is 2.96. The highest BCUT2D eigenvalue weighted by atomic mass is 16.5. The van der Waals surface area contributed by atoms with Crippen molar-refractivity contribution in [1.82, 2.24) is 5.32 Å². The van der Waals surface area contributed by atoms with Gasteiger partial charge in [-0.1, -0.05) is 44.2 Å². The lowest BCUT2D eigenvalue weighted by molar-refractivity contribution is -0.123. The molecule has 0 unspecified atom stereocenters. The van der Waals surface area contributed by atoms with Crippen molar-refractivity contribution >= 4 is 5.91 Å². The Labute approximate surface area is 144 Å². The molecule has 0 spiro atoms. The van der Waals surface area contributed by atoms with Crippen LogP contribution in [0.1, 0.15) is 54.5 Å². The Kier molecular flexibility index (Phi) is 4.89. The maximum Gasteiger partial charge on any atom is 0.258 e. The lowest BCUT2D eigenvalue weighted by Gasteiger charge is -2.15. The van der Waals surface area contributed by atoms with Crippen LogP contribution in [0.15, 0.2) is 42.5 Å². The molecule has 0 heterocycles. The standard InChI is InChI=1S/C21H25NO2/c1-14(2)18-10-9-17(12-15(18)3)24-13-21(23)22-20-11-8-16-6-4-5-7-19(16)20/h4-7,9-10,12,14,20H,8,11,13H2,1-3H3,(H,22,23)/t20-/m0/s1. The van der Waals surface area contributed by atoms with Crippen LogP contribution in [0, 0.1) is 6.92 Å². The van der Waals surface area contributed by atoms with Crippen LogP contribution >= 0.6 is 0 Å². The fourth-order valence-electron chi connectivity index (χ4n) is 3.48. The molecule has 1 amide bonds. The Morgan fingerprint density at radius 2 is 2.04 bits per heavy atom. The minimum absolute atomic E-state index is 0.0547. The van der Waals surface area contributed by atoms with Crippen molar-refractivity contribution in [3.63, 3.8) is 0 Å². The van der Waals surface area contributed by atoms with Crippen LogP contribution in [0.5, 0.6) is 5.75 Å². The van der Waals surface area contributed by atoms with Crippen LogP contribution in [0.25, 0.3) is 0 Å². The summed E-state index contributed by atoms with van der Waals surface area (Å²) in [5, 5.41) is 3.09. The minimum atomic E-state index is -0.0673. The molecule has 1 aliphatic carbocycles. The number of carbonyl (C=O) groups excluding carboxylic acids is 1. The summed E-state index contributed by atoms with van der Waals surface area (Å²) in [5.74, 6) is 1.17. The van der Waals surface area contributed by atoms with Crippen molar-refractivity contribution in [3.8, 4) is 5.75 Å². The van der Waals surface area contributed by atoms with Crippen LogP contribution in [-0.2, 0) is 11.2 Å². The van der Waals surface area contributed by atoms with Crippen molar-refractivity contribution in [1.29, 1.82) is 0 Å². The van der Waals surface area contributed by atoms with Gasteiger partial charge in [-0.2, -0.15) is 0 Å². The molecule has 0 radical (unpaired) electrons. The minimum Gasteiger partial charge on any atom is -0.484 e. The molecule has 3 heteroatoms. The summed E-state index contributed by atoms with van der Waals surface area (Å²) in [7, 11) is 0. The highest BCUT2D eigenvalue weighted by molar-refractivity contribution is 5.78. The molecule has 0 fully saturated rings. The molecule has 3 rings (SSSR count). The van der Waals surface area contributed by atoms with Crippen molar-refractivity contribution in [2.24, 2.45) is 0 Å². The predicted octanol–water partition coefficient (Wildman–Crippen LogP) is 4.30. The number of benzene rings is 2. The Morgan fingerprint density at radius 1 is 1.25 bits per heavy atom. The second-order valence-corrected chi connectivity index (χ2v) is 6.82. The molecular formula is C21H25NO2. The average molecular weight is 323 g/mol. The number of amides is 1. The third kappa shape index (κ3) is 3.61. The van der Waals surface area contributed by atoms with E-state index >= 15 is 0 Å². The number of hydrogen-bond acceptors (Lipinski definition) is 2. The van der Waals surface area contributed by atoms with Gasteiger partial charge in [-0.3, -0.25) is 4.79 Å².